The summed E-state index contributed by atoms with van der Waals surface area (Å²) in [5.74, 6) is -1.10. The van der Waals surface area contributed by atoms with Crippen molar-refractivity contribution in [3.8, 4) is 0 Å². The lowest BCUT2D eigenvalue weighted by molar-refractivity contribution is -0.143. The molecule has 1 aliphatic rings. The van der Waals surface area contributed by atoms with Crippen LogP contribution in [0.2, 0.25) is 0 Å². The molecule has 1 aliphatic heterocycles. The highest BCUT2D eigenvalue weighted by molar-refractivity contribution is 5.94. The van der Waals surface area contributed by atoms with Gasteiger partial charge in [0.1, 0.15) is 6.04 Å². The molecule has 0 aromatic heterocycles. The standard InChI is InChI=1S/C15H17F3N2O3/c1-19(11-6-4-5-10(9-11)15(16,17)18)14(23)20-8-3-2-7-12(20)13(21)22/h4-6,9,12H,2-3,7-8H2,1H3,(H,21,22)/t12-/m0/s1. The van der Waals surface area contributed by atoms with Gasteiger partial charge in [0.05, 0.1) is 5.56 Å². The van der Waals surface area contributed by atoms with Crippen molar-refractivity contribution in [2.24, 2.45) is 0 Å². The summed E-state index contributed by atoms with van der Waals surface area (Å²) < 4.78 is 38.3. The smallest absolute Gasteiger partial charge is 0.416 e. The molecule has 1 aromatic rings. The zero-order valence-electron chi connectivity index (χ0n) is 12.5. The second-order valence-corrected chi connectivity index (χ2v) is 5.43. The second-order valence-electron chi connectivity index (χ2n) is 5.43. The van der Waals surface area contributed by atoms with Gasteiger partial charge in [-0.15, -0.1) is 0 Å². The van der Waals surface area contributed by atoms with Gasteiger partial charge in [0.15, 0.2) is 0 Å². The highest BCUT2D eigenvalue weighted by atomic mass is 19.4. The van der Waals surface area contributed by atoms with E-state index < -0.39 is 29.8 Å². The summed E-state index contributed by atoms with van der Waals surface area (Å²) in [6, 6.07) is 2.83. The predicted octanol–water partition coefficient (Wildman–Crippen LogP) is 3.20. The molecular formula is C15H17F3N2O3. The van der Waals surface area contributed by atoms with Crippen molar-refractivity contribution in [1.29, 1.82) is 0 Å². The zero-order valence-corrected chi connectivity index (χ0v) is 12.5. The molecule has 1 aromatic carbocycles. The molecule has 1 heterocycles. The Morgan fingerprint density at radius 1 is 1.30 bits per heavy atom. The fraction of sp³-hybridized carbons (Fsp3) is 0.467. The maximum absolute atomic E-state index is 12.8. The van der Waals surface area contributed by atoms with Crippen LogP contribution in [0.5, 0.6) is 0 Å². The number of hydrogen-bond acceptors (Lipinski definition) is 2. The van der Waals surface area contributed by atoms with Crippen molar-refractivity contribution in [3.05, 3.63) is 29.8 Å². The average Bonchev–Trinajstić information content (AvgIpc) is 2.52. The fourth-order valence-electron chi connectivity index (χ4n) is 2.61. The molecule has 1 N–H and O–H groups in total. The first-order valence-electron chi connectivity index (χ1n) is 7.16. The van der Waals surface area contributed by atoms with Crippen LogP contribution in [-0.2, 0) is 11.0 Å². The zero-order chi connectivity index (χ0) is 17.2. The molecule has 0 radical (unpaired) electrons. The van der Waals surface area contributed by atoms with Crippen molar-refractivity contribution in [2.45, 2.75) is 31.5 Å². The third-order valence-electron chi connectivity index (χ3n) is 3.88. The molecule has 0 spiro atoms. The highest BCUT2D eigenvalue weighted by Crippen LogP contribution is 2.32. The Morgan fingerprint density at radius 3 is 2.61 bits per heavy atom. The first-order chi connectivity index (χ1) is 10.7. The van der Waals surface area contributed by atoms with Gasteiger partial charge in [0, 0.05) is 19.3 Å². The summed E-state index contributed by atoms with van der Waals surface area (Å²) in [6.07, 6.45) is -2.79. The van der Waals surface area contributed by atoms with Gasteiger partial charge in [0.2, 0.25) is 0 Å². The number of likely N-dealkylation sites (tertiary alicyclic amines) is 1. The van der Waals surface area contributed by atoms with Crippen LogP contribution in [-0.4, -0.2) is 41.6 Å². The number of carboxylic acid groups (broad SMARTS) is 1. The normalized spacial score (nSPS) is 18.6. The Balaban J connectivity index is 2.23. The number of anilines is 1. The molecular weight excluding hydrogens is 313 g/mol. The minimum absolute atomic E-state index is 0.0690. The summed E-state index contributed by atoms with van der Waals surface area (Å²) in [4.78, 5) is 26.0. The minimum atomic E-state index is -4.51. The van der Waals surface area contributed by atoms with E-state index in [0.29, 0.717) is 19.3 Å². The first kappa shape index (κ1) is 17.1. The summed E-state index contributed by atoms with van der Waals surface area (Å²) >= 11 is 0. The van der Waals surface area contributed by atoms with Crippen molar-refractivity contribution in [2.75, 3.05) is 18.5 Å². The van der Waals surface area contributed by atoms with Gasteiger partial charge in [-0.2, -0.15) is 13.2 Å². The van der Waals surface area contributed by atoms with E-state index in [1.54, 1.807) is 0 Å². The van der Waals surface area contributed by atoms with Crippen molar-refractivity contribution < 1.29 is 27.9 Å². The number of nitrogens with zero attached hydrogens (tertiary/aromatic N) is 2. The van der Waals surface area contributed by atoms with E-state index in [1.165, 1.54) is 24.1 Å². The van der Waals surface area contributed by atoms with Gasteiger partial charge in [0.25, 0.3) is 0 Å². The topological polar surface area (TPSA) is 60.9 Å². The van der Waals surface area contributed by atoms with Crippen molar-refractivity contribution in [3.63, 3.8) is 0 Å². The van der Waals surface area contributed by atoms with E-state index in [0.717, 1.165) is 17.0 Å². The molecule has 0 saturated carbocycles. The van der Waals surface area contributed by atoms with Crippen molar-refractivity contribution in [1.82, 2.24) is 4.90 Å². The van der Waals surface area contributed by atoms with Gasteiger partial charge in [-0.3, -0.25) is 4.90 Å². The highest BCUT2D eigenvalue weighted by Gasteiger charge is 2.35. The van der Waals surface area contributed by atoms with Crippen LogP contribution in [0.15, 0.2) is 24.3 Å². The number of amides is 2. The van der Waals surface area contributed by atoms with Crippen LogP contribution in [0.3, 0.4) is 0 Å². The fourth-order valence-corrected chi connectivity index (χ4v) is 2.61. The number of rotatable bonds is 2. The van der Waals surface area contributed by atoms with Crippen LogP contribution >= 0.6 is 0 Å². The number of hydrogen-bond donors (Lipinski definition) is 1. The third-order valence-corrected chi connectivity index (χ3v) is 3.88. The maximum atomic E-state index is 12.8. The van der Waals surface area contributed by atoms with Gasteiger partial charge < -0.3 is 10.0 Å². The number of carboxylic acids is 1. The summed E-state index contributed by atoms with van der Waals surface area (Å²) in [5.41, 5.74) is -0.789. The molecule has 1 saturated heterocycles. The molecule has 23 heavy (non-hydrogen) atoms. The number of alkyl halides is 3. The van der Waals surface area contributed by atoms with E-state index in [9.17, 15) is 27.9 Å². The molecule has 0 bridgehead atoms. The number of piperidine rings is 1. The van der Waals surface area contributed by atoms with E-state index in [1.807, 2.05) is 0 Å². The molecule has 126 valence electrons. The van der Waals surface area contributed by atoms with E-state index in [-0.39, 0.29) is 12.2 Å². The number of carbonyl (C=O) groups is 2. The molecule has 0 aliphatic carbocycles. The Hall–Kier alpha value is -2.25. The maximum Gasteiger partial charge on any atom is 0.416 e. The Morgan fingerprint density at radius 2 is 2.00 bits per heavy atom. The van der Waals surface area contributed by atoms with Crippen LogP contribution < -0.4 is 4.90 Å². The lowest BCUT2D eigenvalue weighted by atomic mass is 10.0. The van der Waals surface area contributed by atoms with Crippen LogP contribution in [0.4, 0.5) is 23.7 Å². The monoisotopic (exact) mass is 330 g/mol. The number of carbonyl (C=O) groups excluding carboxylic acids is 1. The molecule has 5 nitrogen and oxygen atoms in total. The Bertz CT molecular complexity index is 604. The minimum Gasteiger partial charge on any atom is -0.480 e. The molecule has 0 unspecified atom stereocenters. The lowest BCUT2D eigenvalue weighted by Crippen LogP contribution is -2.52. The summed E-state index contributed by atoms with van der Waals surface area (Å²) in [6.45, 7) is 0.277. The lowest BCUT2D eigenvalue weighted by Gasteiger charge is -2.35. The average molecular weight is 330 g/mol. The van der Waals surface area contributed by atoms with Gasteiger partial charge >= 0.3 is 18.2 Å². The largest absolute Gasteiger partial charge is 0.480 e. The number of urea groups is 1. The number of aliphatic carboxylic acids is 1. The molecule has 1 fully saturated rings. The van der Waals surface area contributed by atoms with E-state index in [2.05, 4.69) is 0 Å². The second kappa shape index (κ2) is 6.47. The Kier molecular flexibility index (Phi) is 4.82. The van der Waals surface area contributed by atoms with Gasteiger partial charge in [-0.25, -0.2) is 9.59 Å². The molecule has 1 atom stereocenters. The van der Waals surface area contributed by atoms with Gasteiger partial charge in [-0.05, 0) is 37.5 Å². The van der Waals surface area contributed by atoms with Crippen LogP contribution in [0, 0.1) is 0 Å². The predicted molar refractivity (Wildman–Crippen MR) is 77.2 cm³/mol. The Labute approximate surface area is 131 Å². The van der Waals surface area contributed by atoms with E-state index >= 15 is 0 Å². The molecule has 2 amide bonds. The third kappa shape index (κ3) is 3.75. The summed E-state index contributed by atoms with van der Waals surface area (Å²) in [7, 11) is 1.34. The van der Waals surface area contributed by atoms with Crippen LogP contribution in [0.25, 0.3) is 0 Å². The van der Waals surface area contributed by atoms with E-state index in [4.69, 9.17) is 0 Å². The summed E-state index contributed by atoms with van der Waals surface area (Å²) in [5, 5.41) is 9.20. The quantitative estimate of drug-likeness (QED) is 0.906. The number of benzene rings is 1. The molecule has 2 rings (SSSR count). The van der Waals surface area contributed by atoms with Gasteiger partial charge in [-0.1, -0.05) is 6.07 Å². The molecule has 8 heteroatoms. The van der Waals surface area contributed by atoms with Crippen molar-refractivity contribution >= 4 is 17.7 Å². The first-order valence-corrected chi connectivity index (χ1v) is 7.16. The number of halogens is 3. The SMILES string of the molecule is CN(C(=O)N1CCCC[C@H]1C(=O)O)c1cccc(C(F)(F)F)c1. The van der Waals surface area contributed by atoms with Crippen LogP contribution in [0.1, 0.15) is 24.8 Å².